The molecular formula is C13H18O2S. The molecule has 0 aliphatic carbocycles. The standard InChI is InChI=1S/C13H18O2S/c1-3-4-9-15-13(14)10-16-12-8-6-5-7-11(12)2/h5-8H,3-4,9-10H2,1-2H3. The molecule has 0 heterocycles. The van der Waals surface area contributed by atoms with Crippen molar-refractivity contribution in [2.75, 3.05) is 12.4 Å². The number of ether oxygens (including phenoxy) is 1. The number of hydrogen-bond acceptors (Lipinski definition) is 3. The maximum Gasteiger partial charge on any atom is 0.316 e. The van der Waals surface area contributed by atoms with Crippen LogP contribution in [-0.2, 0) is 9.53 Å². The van der Waals surface area contributed by atoms with Gasteiger partial charge in [-0.2, -0.15) is 0 Å². The van der Waals surface area contributed by atoms with Crippen LogP contribution in [0, 0.1) is 6.92 Å². The van der Waals surface area contributed by atoms with Crippen molar-refractivity contribution in [3.8, 4) is 0 Å². The molecular weight excluding hydrogens is 220 g/mol. The number of aryl methyl sites for hydroxylation is 1. The van der Waals surface area contributed by atoms with Gasteiger partial charge < -0.3 is 4.74 Å². The maximum absolute atomic E-state index is 11.4. The molecule has 1 rings (SSSR count). The Balaban J connectivity index is 2.29. The number of esters is 1. The Hall–Kier alpha value is -0.960. The fraction of sp³-hybridized carbons (Fsp3) is 0.462. The first-order chi connectivity index (χ1) is 7.74. The molecule has 2 nitrogen and oxygen atoms in total. The monoisotopic (exact) mass is 238 g/mol. The second-order valence-electron chi connectivity index (χ2n) is 3.63. The molecule has 0 saturated carbocycles. The van der Waals surface area contributed by atoms with Crippen LogP contribution in [0.4, 0.5) is 0 Å². The number of thioether (sulfide) groups is 1. The number of rotatable bonds is 6. The van der Waals surface area contributed by atoms with Crippen molar-refractivity contribution < 1.29 is 9.53 Å². The predicted molar refractivity (Wildman–Crippen MR) is 67.8 cm³/mol. The molecule has 0 aliphatic rings. The Morgan fingerprint density at radius 1 is 1.38 bits per heavy atom. The number of hydrogen-bond donors (Lipinski definition) is 0. The van der Waals surface area contributed by atoms with Gasteiger partial charge in [0.15, 0.2) is 0 Å². The highest BCUT2D eigenvalue weighted by atomic mass is 32.2. The molecule has 16 heavy (non-hydrogen) atoms. The zero-order chi connectivity index (χ0) is 11.8. The highest BCUT2D eigenvalue weighted by molar-refractivity contribution is 8.00. The van der Waals surface area contributed by atoms with Crippen molar-refractivity contribution in [3.05, 3.63) is 29.8 Å². The minimum atomic E-state index is -0.123. The summed E-state index contributed by atoms with van der Waals surface area (Å²) in [5.41, 5.74) is 1.20. The van der Waals surface area contributed by atoms with Crippen molar-refractivity contribution in [2.24, 2.45) is 0 Å². The van der Waals surface area contributed by atoms with Crippen molar-refractivity contribution in [1.82, 2.24) is 0 Å². The van der Waals surface area contributed by atoms with Gasteiger partial charge >= 0.3 is 5.97 Å². The average Bonchev–Trinajstić information content (AvgIpc) is 2.28. The van der Waals surface area contributed by atoms with Gasteiger partial charge in [-0.3, -0.25) is 4.79 Å². The van der Waals surface area contributed by atoms with E-state index in [1.165, 1.54) is 17.3 Å². The first kappa shape index (κ1) is 13.1. The van der Waals surface area contributed by atoms with Crippen LogP contribution >= 0.6 is 11.8 Å². The third kappa shape index (κ3) is 4.71. The topological polar surface area (TPSA) is 26.3 Å². The first-order valence-electron chi connectivity index (χ1n) is 5.58. The van der Waals surface area contributed by atoms with Gasteiger partial charge in [0.2, 0.25) is 0 Å². The van der Waals surface area contributed by atoms with Gasteiger partial charge in [0, 0.05) is 4.90 Å². The summed E-state index contributed by atoms with van der Waals surface area (Å²) in [6, 6.07) is 8.06. The van der Waals surface area contributed by atoms with Crippen LogP contribution in [0.1, 0.15) is 25.3 Å². The third-order valence-corrected chi connectivity index (χ3v) is 3.35. The van der Waals surface area contributed by atoms with Crippen molar-refractivity contribution >= 4 is 17.7 Å². The van der Waals surface area contributed by atoms with Crippen molar-refractivity contribution in [3.63, 3.8) is 0 Å². The largest absolute Gasteiger partial charge is 0.465 e. The van der Waals surface area contributed by atoms with Crippen molar-refractivity contribution in [1.29, 1.82) is 0 Å². The van der Waals surface area contributed by atoms with Gasteiger partial charge in [-0.05, 0) is 25.0 Å². The highest BCUT2D eigenvalue weighted by Crippen LogP contribution is 2.21. The molecule has 0 radical (unpaired) electrons. The molecule has 1 aromatic rings. The summed E-state index contributed by atoms with van der Waals surface area (Å²) in [7, 11) is 0. The summed E-state index contributed by atoms with van der Waals surface area (Å²) in [6.45, 7) is 4.67. The van der Waals surface area contributed by atoms with Crippen LogP contribution in [0.25, 0.3) is 0 Å². The molecule has 1 aromatic carbocycles. The van der Waals surface area contributed by atoms with Crippen LogP contribution < -0.4 is 0 Å². The summed E-state index contributed by atoms with van der Waals surface area (Å²) in [5, 5.41) is 0. The molecule has 0 N–H and O–H groups in total. The molecule has 0 spiro atoms. The van der Waals surface area contributed by atoms with Gasteiger partial charge in [-0.1, -0.05) is 31.5 Å². The second kappa shape index (κ2) is 7.34. The smallest absolute Gasteiger partial charge is 0.316 e. The van der Waals surface area contributed by atoms with E-state index >= 15 is 0 Å². The minimum absolute atomic E-state index is 0.123. The molecule has 0 amide bonds. The molecule has 0 aromatic heterocycles. The number of carbonyl (C=O) groups excluding carboxylic acids is 1. The lowest BCUT2D eigenvalue weighted by Crippen LogP contribution is -2.08. The Bertz CT molecular complexity index is 336. The molecule has 0 atom stereocenters. The summed E-state index contributed by atoms with van der Waals surface area (Å²) in [5.74, 6) is 0.274. The van der Waals surface area contributed by atoms with E-state index in [1.54, 1.807) is 0 Å². The average molecular weight is 238 g/mol. The summed E-state index contributed by atoms with van der Waals surface area (Å²) >= 11 is 1.54. The zero-order valence-corrected chi connectivity index (χ0v) is 10.7. The Morgan fingerprint density at radius 2 is 2.12 bits per heavy atom. The molecule has 0 saturated heterocycles. The van der Waals surface area contributed by atoms with Gasteiger partial charge in [-0.25, -0.2) is 0 Å². The highest BCUT2D eigenvalue weighted by Gasteiger charge is 2.05. The Morgan fingerprint density at radius 3 is 2.81 bits per heavy atom. The van der Waals surface area contributed by atoms with E-state index in [-0.39, 0.29) is 5.97 Å². The summed E-state index contributed by atoms with van der Waals surface area (Å²) in [4.78, 5) is 12.5. The van der Waals surface area contributed by atoms with E-state index in [0.717, 1.165) is 17.7 Å². The van der Waals surface area contributed by atoms with Crippen LogP contribution in [0.15, 0.2) is 29.2 Å². The Labute approximate surface area is 101 Å². The normalized spacial score (nSPS) is 10.1. The quantitative estimate of drug-likeness (QED) is 0.431. The van der Waals surface area contributed by atoms with E-state index in [2.05, 4.69) is 6.92 Å². The van der Waals surface area contributed by atoms with Gasteiger partial charge in [-0.15, -0.1) is 11.8 Å². The van der Waals surface area contributed by atoms with E-state index in [9.17, 15) is 4.79 Å². The van der Waals surface area contributed by atoms with E-state index < -0.39 is 0 Å². The molecule has 88 valence electrons. The summed E-state index contributed by atoms with van der Waals surface area (Å²) in [6.07, 6.45) is 2.00. The van der Waals surface area contributed by atoms with E-state index in [0.29, 0.717) is 12.4 Å². The number of carbonyl (C=O) groups is 1. The Kier molecular flexibility index (Phi) is 6.01. The molecule has 0 bridgehead atoms. The zero-order valence-electron chi connectivity index (χ0n) is 9.86. The lowest BCUT2D eigenvalue weighted by atomic mass is 10.2. The fourth-order valence-electron chi connectivity index (χ4n) is 1.23. The van der Waals surface area contributed by atoms with E-state index in [4.69, 9.17) is 4.74 Å². The summed E-state index contributed by atoms with van der Waals surface area (Å²) < 4.78 is 5.08. The predicted octanol–water partition coefficient (Wildman–Crippen LogP) is 3.43. The van der Waals surface area contributed by atoms with Gasteiger partial charge in [0.1, 0.15) is 0 Å². The first-order valence-corrected chi connectivity index (χ1v) is 6.56. The second-order valence-corrected chi connectivity index (χ2v) is 4.65. The van der Waals surface area contributed by atoms with Crippen LogP contribution in [0.3, 0.4) is 0 Å². The maximum atomic E-state index is 11.4. The van der Waals surface area contributed by atoms with Gasteiger partial charge in [0.25, 0.3) is 0 Å². The van der Waals surface area contributed by atoms with Crippen LogP contribution in [-0.4, -0.2) is 18.3 Å². The SMILES string of the molecule is CCCCOC(=O)CSc1ccccc1C. The minimum Gasteiger partial charge on any atom is -0.465 e. The number of unbranched alkanes of at least 4 members (excludes halogenated alkanes) is 1. The third-order valence-electron chi connectivity index (χ3n) is 2.20. The lowest BCUT2D eigenvalue weighted by Gasteiger charge is -2.05. The number of benzene rings is 1. The fourth-order valence-corrected chi connectivity index (χ4v) is 2.05. The van der Waals surface area contributed by atoms with Crippen molar-refractivity contribution in [2.45, 2.75) is 31.6 Å². The van der Waals surface area contributed by atoms with Gasteiger partial charge in [0.05, 0.1) is 12.4 Å². The molecule has 0 fully saturated rings. The van der Waals surface area contributed by atoms with Crippen LogP contribution in [0.5, 0.6) is 0 Å². The molecule has 0 unspecified atom stereocenters. The molecule has 0 aliphatic heterocycles. The lowest BCUT2D eigenvalue weighted by molar-refractivity contribution is -0.140. The van der Waals surface area contributed by atoms with Crippen LogP contribution in [0.2, 0.25) is 0 Å². The molecule has 3 heteroatoms. The van der Waals surface area contributed by atoms with E-state index in [1.807, 2.05) is 31.2 Å².